The van der Waals surface area contributed by atoms with E-state index in [0.29, 0.717) is 36.1 Å². The van der Waals surface area contributed by atoms with Gasteiger partial charge in [0, 0.05) is 25.8 Å². The van der Waals surface area contributed by atoms with Gasteiger partial charge in [0.05, 0.1) is 17.2 Å². The van der Waals surface area contributed by atoms with Gasteiger partial charge in [0.25, 0.3) is 5.56 Å². The van der Waals surface area contributed by atoms with Crippen molar-refractivity contribution in [2.24, 2.45) is 0 Å². The van der Waals surface area contributed by atoms with Crippen molar-refractivity contribution in [2.45, 2.75) is 19.3 Å². The fourth-order valence-corrected chi connectivity index (χ4v) is 2.35. The number of aromatic nitrogens is 2. The molecule has 0 spiro atoms. The summed E-state index contributed by atoms with van der Waals surface area (Å²) in [6.45, 7) is 0.522. The smallest absolute Gasteiger partial charge is 0.258 e. The largest absolute Gasteiger partial charge is 0.469 e. The van der Waals surface area contributed by atoms with Crippen molar-refractivity contribution in [2.75, 3.05) is 6.54 Å². The number of carbonyl (C=O) groups excluding carboxylic acids is 1. The standard InChI is InChI=1S/C17H17N3O3/c21-16(18-10-9-12-4-3-11-23-12)8-7-15-19-14-6-2-1-5-13(14)17(22)20-15/h1-6,11H,7-10H2,(H,18,21)(H,19,20,22). The first-order chi connectivity index (χ1) is 11.2. The molecule has 6 heteroatoms. The molecule has 23 heavy (non-hydrogen) atoms. The molecule has 3 rings (SSSR count). The van der Waals surface area contributed by atoms with Crippen molar-refractivity contribution in [1.82, 2.24) is 15.3 Å². The Balaban J connectivity index is 1.53. The van der Waals surface area contributed by atoms with Crippen molar-refractivity contribution in [1.29, 1.82) is 0 Å². The lowest BCUT2D eigenvalue weighted by atomic mass is 10.2. The molecule has 0 saturated carbocycles. The van der Waals surface area contributed by atoms with Gasteiger partial charge in [-0.25, -0.2) is 4.98 Å². The number of hydrogen-bond donors (Lipinski definition) is 2. The van der Waals surface area contributed by atoms with Crippen molar-refractivity contribution in [3.63, 3.8) is 0 Å². The maximum absolute atomic E-state index is 11.9. The van der Waals surface area contributed by atoms with E-state index in [1.807, 2.05) is 18.2 Å². The molecule has 2 N–H and O–H groups in total. The van der Waals surface area contributed by atoms with Gasteiger partial charge in [-0.2, -0.15) is 0 Å². The summed E-state index contributed by atoms with van der Waals surface area (Å²) >= 11 is 0. The lowest BCUT2D eigenvalue weighted by Gasteiger charge is -2.05. The van der Waals surface area contributed by atoms with Gasteiger partial charge in [-0.3, -0.25) is 9.59 Å². The maximum atomic E-state index is 11.9. The van der Waals surface area contributed by atoms with Gasteiger partial charge >= 0.3 is 0 Å². The van der Waals surface area contributed by atoms with Crippen LogP contribution in [0.15, 0.2) is 51.9 Å². The van der Waals surface area contributed by atoms with E-state index in [1.54, 1.807) is 24.5 Å². The molecule has 0 aliphatic carbocycles. The number of carbonyl (C=O) groups is 1. The van der Waals surface area contributed by atoms with Crippen LogP contribution in [0.3, 0.4) is 0 Å². The van der Waals surface area contributed by atoms with E-state index in [0.717, 1.165) is 5.76 Å². The normalized spacial score (nSPS) is 10.8. The number of rotatable bonds is 6. The average Bonchev–Trinajstić information content (AvgIpc) is 3.06. The Morgan fingerprint density at radius 2 is 2.04 bits per heavy atom. The molecule has 0 atom stereocenters. The van der Waals surface area contributed by atoms with Crippen molar-refractivity contribution in [3.8, 4) is 0 Å². The Labute approximate surface area is 132 Å². The quantitative estimate of drug-likeness (QED) is 0.726. The Bertz CT molecular complexity index is 853. The van der Waals surface area contributed by atoms with Crippen LogP contribution in [-0.2, 0) is 17.6 Å². The molecule has 118 valence electrons. The molecule has 0 bridgehead atoms. The summed E-state index contributed by atoms with van der Waals surface area (Å²) < 4.78 is 5.20. The highest BCUT2D eigenvalue weighted by Gasteiger charge is 2.06. The molecule has 0 saturated heterocycles. The topological polar surface area (TPSA) is 88.0 Å². The highest BCUT2D eigenvalue weighted by Crippen LogP contribution is 2.06. The third kappa shape index (κ3) is 3.85. The minimum Gasteiger partial charge on any atom is -0.469 e. The van der Waals surface area contributed by atoms with E-state index in [-0.39, 0.29) is 17.9 Å². The SMILES string of the molecule is O=C(CCc1nc2ccccc2c(=O)[nH]1)NCCc1ccco1. The zero-order valence-electron chi connectivity index (χ0n) is 12.5. The first kappa shape index (κ1) is 15.0. The monoisotopic (exact) mass is 311 g/mol. The molecule has 0 unspecified atom stereocenters. The molecule has 0 radical (unpaired) electrons. The number of para-hydroxylation sites is 1. The van der Waals surface area contributed by atoms with E-state index < -0.39 is 0 Å². The predicted molar refractivity (Wildman–Crippen MR) is 86.1 cm³/mol. The summed E-state index contributed by atoms with van der Waals surface area (Å²) in [5.74, 6) is 1.29. The molecule has 1 amide bonds. The lowest BCUT2D eigenvalue weighted by molar-refractivity contribution is -0.121. The third-order valence-electron chi connectivity index (χ3n) is 3.52. The van der Waals surface area contributed by atoms with Crippen molar-refractivity contribution < 1.29 is 9.21 Å². The Morgan fingerprint density at radius 1 is 1.17 bits per heavy atom. The highest BCUT2D eigenvalue weighted by atomic mass is 16.3. The summed E-state index contributed by atoms with van der Waals surface area (Å²) in [7, 11) is 0. The number of benzene rings is 1. The molecule has 2 aromatic heterocycles. The fraction of sp³-hybridized carbons (Fsp3) is 0.235. The number of nitrogens with one attached hydrogen (secondary N) is 2. The van der Waals surface area contributed by atoms with Crippen LogP contribution in [0.2, 0.25) is 0 Å². The van der Waals surface area contributed by atoms with Gasteiger partial charge in [0.15, 0.2) is 0 Å². The molecular weight excluding hydrogens is 294 g/mol. The molecule has 0 aliphatic rings. The summed E-state index contributed by atoms with van der Waals surface area (Å²) in [5.41, 5.74) is 0.466. The van der Waals surface area contributed by atoms with Gasteiger partial charge < -0.3 is 14.7 Å². The second kappa shape index (κ2) is 6.91. The van der Waals surface area contributed by atoms with Gasteiger partial charge in [-0.15, -0.1) is 0 Å². The van der Waals surface area contributed by atoms with E-state index in [4.69, 9.17) is 4.42 Å². The summed E-state index contributed by atoms with van der Waals surface area (Å²) in [4.78, 5) is 30.9. The van der Waals surface area contributed by atoms with E-state index in [2.05, 4.69) is 15.3 Å². The number of H-pyrrole nitrogens is 1. The number of amides is 1. The predicted octanol–water partition coefficient (Wildman–Crippen LogP) is 1.81. The number of fused-ring (bicyclic) bond motifs is 1. The van der Waals surface area contributed by atoms with Crippen LogP contribution in [0.5, 0.6) is 0 Å². The highest BCUT2D eigenvalue weighted by molar-refractivity contribution is 5.78. The Kier molecular flexibility index (Phi) is 4.52. The van der Waals surface area contributed by atoms with Crippen LogP contribution in [0.1, 0.15) is 18.0 Å². The average molecular weight is 311 g/mol. The Hall–Kier alpha value is -2.89. The number of aromatic amines is 1. The van der Waals surface area contributed by atoms with Crippen LogP contribution in [-0.4, -0.2) is 22.4 Å². The minimum atomic E-state index is -0.177. The molecule has 3 aromatic rings. The molecular formula is C17H17N3O3. The van der Waals surface area contributed by atoms with Crippen molar-refractivity contribution >= 4 is 16.8 Å². The molecule has 2 heterocycles. The summed E-state index contributed by atoms with van der Waals surface area (Å²) in [6.07, 6.45) is 2.94. The number of furan rings is 1. The molecule has 0 aliphatic heterocycles. The van der Waals surface area contributed by atoms with Crippen LogP contribution < -0.4 is 10.9 Å². The molecule has 0 fully saturated rings. The van der Waals surface area contributed by atoms with Crippen LogP contribution in [0.25, 0.3) is 10.9 Å². The van der Waals surface area contributed by atoms with E-state index in [9.17, 15) is 9.59 Å². The molecule has 6 nitrogen and oxygen atoms in total. The zero-order chi connectivity index (χ0) is 16.1. The first-order valence-electron chi connectivity index (χ1n) is 7.49. The van der Waals surface area contributed by atoms with Crippen LogP contribution in [0, 0.1) is 0 Å². The number of hydrogen-bond acceptors (Lipinski definition) is 4. The second-order valence-corrected chi connectivity index (χ2v) is 5.21. The van der Waals surface area contributed by atoms with Crippen molar-refractivity contribution in [3.05, 3.63) is 64.6 Å². The number of nitrogens with zero attached hydrogens (tertiary/aromatic N) is 1. The lowest BCUT2D eigenvalue weighted by Crippen LogP contribution is -2.26. The van der Waals surface area contributed by atoms with Gasteiger partial charge in [-0.05, 0) is 24.3 Å². The van der Waals surface area contributed by atoms with E-state index >= 15 is 0 Å². The zero-order valence-corrected chi connectivity index (χ0v) is 12.5. The fourth-order valence-electron chi connectivity index (χ4n) is 2.35. The van der Waals surface area contributed by atoms with Gasteiger partial charge in [0.1, 0.15) is 11.6 Å². The third-order valence-corrected chi connectivity index (χ3v) is 3.52. The summed E-state index contributed by atoms with van der Waals surface area (Å²) in [6, 6.07) is 10.8. The van der Waals surface area contributed by atoms with Crippen LogP contribution >= 0.6 is 0 Å². The first-order valence-corrected chi connectivity index (χ1v) is 7.49. The van der Waals surface area contributed by atoms with Crippen LogP contribution in [0.4, 0.5) is 0 Å². The maximum Gasteiger partial charge on any atom is 0.258 e. The minimum absolute atomic E-state index is 0.0765. The van der Waals surface area contributed by atoms with Gasteiger partial charge in [0.2, 0.25) is 5.91 Å². The summed E-state index contributed by atoms with van der Waals surface area (Å²) in [5, 5.41) is 3.38. The van der Waals surface area contributed by atoms with E-state index in [1.165, 1.54) is 0 Å². The number of aryl methyl sites for hydroxylation is 1. The van der Waals surface area contributed by atoms with Gasteiger partial charge in [-0.1, -0.05) is 12.1 Å². The molecule has 1 aromatic carbocycles. The Morgan fingerprint density at radius 3 is 2.87 bits per heavy atom. The second-order valence-electron chi connectivity index (χ2n) is 5.21.